The number of carbonyl (C=O) groups excluding carboxylic acids is 2. The maximum Gasteiger partial charge on any atom is 0.229 e. The van der Waals surface area contributed by atoms with Crippen molar-refractivity contribution in [1.82, 2.24) is 0 Å². The van der Waals surface area contributed by atoms with Gasteiger partial charge in [-0.25, -0.2) is 0 Å². The minimum absolute atomic E-state index is 0.0726. The molecule has 1 unspecified atom stereocenters. The first-order valence-electron chi connectivity index (χ1n) is 7.57. The van der Waals surface area contributed by atoms with Gasteiger partial charge in [0.15, 0.2) is 0 Å². The van der Waals surface area contributed by atoms with Gasteiger partial charge in [0, 0.05) is 34.4 Å². The number of nitrogens with one attached hydrogen (secondary N) is 1. The van der Waals surface area contributed by atoms with E-state index in [4.69, 9.17) is 23.2 Å². The molecule has 6 heteroatoms. The summed E-state index contributed by atoms with van der Waals surface area (Å²) in [4.78, 5) is 26.4. The highest BCUT2D eigenvalue weighted by atomic mass is 35.5. The van der Waals surface area contributed by atoms with Crippen LogP contribution in [0.15, 0.2) is 42.5 Å². The number of aryl methyl sites for hydroxylation is 1. The van der Waals surface area contributed by atoms with E-state index in [9.17, 15) is 9.59 Å². The van der Waals surface area contributed by atoms with Crippen LogP contribution < -0.4 is 10.2 Å². The maximum atomic E-state index is 12.4. The Labute approximate surface area is 150 Å². The Kier molecular flexibility index (Phi) is 4.78. The molecule has 2 amide bonds. The van der Waals surface area contributed by atoms with Crippen LogP contribution in [0.2, 0.25) is 10.0 Å². The molecule has 124 valence electrons. The van der Waals surface area contributed by atoms with Gasteiger partial charge in [0.2, 0.25) is 11.8 Å². The third kappa shape index (κ3) is 3.55. The number of hydrogen-bond donors (Lipinski definition) is 1. The Morgan fingerprint density at radius 3 is 2.50 bits per heavy atom. The molecule has 24 heavy (non-hydrogen) atoms. The summed E-state index contributed by atoms with van der Waals surface area (Å²) in [5.41, 5.74) is 2.37. The molecule has 0 radical (unpaired) electrons. The van der Waals surface area contributed by atoms with Gasteiger partial charge in [0.05, 0.1) is 5.92 Å². The molecule has 0 saturated carbocycles. The minimum atomic E-state index is -0.397. The lowest BCUT2D eigenvalue weighted by molar-refractivity contribution is -0.122. The molecule has 0 aliphatic carbocycles. The zero-order valence-electron chi connectivity index (χ0n) is 13.1. The fraction of sp³-hybridized carbons (Fsp3) is 0.222. The van der Waals surface area contributed by atoms with Gasteiger partial charge in [-0.15, -0.1) is 0 Å². The van der Waals surface area contributed by atoms with Crippen LogP contribution in [0.1, 0.15) is 12.0 Å². The third-order valence-corrected chi connectivity index (χ3v) is 4.56. The number of rotatable bonds is 3. The average Bonchev–Trinajstić information content (AvgIpc) is 2.94. The zero-order valence-corrected chi connectivity index (χ0v) is 14.6. The van der Waals surface area contributed by atoms with Crippen molar-refractivity contribution < 1.29 is 9.59 Å². The number of anilines is 2. The Morgan fingerprint density at radius 1 is 1.12 bits per heavy atom. The van der Waals surface area contributed by atoms with Gasteiger partial charge in [-0.05, 0) is 48.9 Å². The molecule has 1 fully saturated rings. The van der Waals surface area contributed by atoms with Crippen LogP contribution in [-0.4, -0.2) is 18.4 Å². The first-order chi connectivity index (χ1) is 11.4. The Bertz CT molecular complexity index is 790. The van der Waals surface area contributed by atoms with Crippen LogP contribution in [0.25, 0.3) is 0 Å². The largest absolute Gasteiger partial charge is 0.326 e. The van der Waals surface area contributed by atoms with Crippen LogP contribution in [0.5, 0.6) is 0 Å². The molecule has 1 heterocycles. The highest BCUT2D eigenvalue weighted by molar-refractivity contribution is 6.31. The number of benzene rings is 2. The molecule has 1 N–H and O–H groups in total. The van der Waals surface area contributed by atoms with Crippen molar-refractivity contribution in [2.24, 2.45) is 5.92 Å². The van der Waals surface area contributed by atoms with E-state index in [2.05, 4.69) is 5.32 Å². The van der Waals surface area contributed by atoms with Crippen LogP contribution in [0, 0.1) is 12.8 Å². The zero-order chi connectivity index (χ0) is 17.3. The van der Waals surface area contributed by atoms with Crippen molar-refractivity contribution >= 4 is 46.4 Å². The van der Waals surface area contributed by atoms with E-state index in [1.165, 1.54) is 0 Å². The smallest absolute Gasteiger partial charge is 0.229 e. The Hall–Kier alpha value is -2.04. The predicted molar refractivity (Wildman–Crippen MR) is 96.7 cm³/mol. The van der Waals surface area contributed by atoms with E-state index in [-0.39, 0.29) is 18.2 Å². The Balaban J connectivity index is 1.73. The molecule has 0 aromatic heterocycles. The van der Waals surface area contributed by atoms with Crippen molar-refractivity contribution in [2.75, 3.05) is 16.8 Å². The second kappa shape index (κ2) is 6.83. The highest BCUT2D eigenvalue weighted by Gasteiger charge is 2.35. The fourth-order valence-electron chi connectivity index (χ4n) is 2.77. The molecule has 4 nitrogen and oxygen atoms in total. The molecule has 2 aromatic carbocycles. The van der Waals surface area contributed by atoms with Crippen molar-refractivity contribution in [2.45, 2.75) is 13.3 Å². The summed E-state index contributed by atoms with van der Waals surface area (Å²) in [6.07, 6.45) is 0.186. The summed E-state index contributed by atoms with van der Waals surface area (Å²) in [5, 5.41) is 4.00. The number of hydrogen-bond acceptors (Lipinski definition) is 2. The first kappa shape index (κ1) is 16.8. The van der Waals surface area contributed by atoms with Crippen molar-refractivity contribution in [1.29, 1.82) is 0 Å². The third-order valence-electron chi connectivity index (χ3n) is 4.07. The van der Waals surface area contributed by atoms with Crippen LogP contribution in [0.3, 0.4) is 0 Å². The first-order valence-corrected chi connectivity index (χ1v) is 8.32. The lowest BCUT2D eigenvalue weighted by Crippen LogP contribution is -2.28. The van der Waals surface area contributed by atoms with Crippen molar-refractivity contribution in [3.63, 3.8) is 0 Å². The lowest BCUT2D eigenvalue weighted by Gasteiger charge is -2.19. The normalized spacial score (nSPS) is 17.2. The van der Waals surface area contributed by atoms with E-state index < -0.39 is 5.92 Å². The van der Waals surface area contributed by atoms with Gasteiger partial charge >= 0.3 is 0 Å². The summed E-state index contributed by atoms with van der Waals surface area (Å²) in [5.74, 6) is -0.643. The van der Waals surface area contributed by atoms with E-state index in [1.807, 2.05) is 13.0 Å². The molecule has 1 saturated heterocycles. The summed E-state index contributed by atoms with van der Waals surface area (Å²) in [6, 6.07) is 12.3. The lowest BCUT2D eigenvalue weighted by atomic mass is 10.1. The topological polar surface area (TPSA) is 49.4 Å². The summed E-state index contributed by atoms with van der Waals surface area (Å²) in [6.45, 7) is 2.26. The van der Waals surface area contributed by atoms with Crippen molar-refractivity contribution in [3.05, 3.63) is 58.1 Å². The van der Waals surface area contributed by atoms with Gasteiger partial charge in [-0.2, -0.15) is 0 Å². The molecular formula is C18H16Cl2N2O2. The fourth-order valence-corrected chi connectivity index (χ4v) is 3.06. The molecule has 1 aliphatic rings. The summed E-state index contributed by atoms with van der Waals surface area (Å²) < 4.78 is 0. The molecule has 1 atom stereocenters. The molecule has 0 spiro atoms. The second-order valence-electron chi connectivity index (χ2n) is 5.83. The van der Waals surface area contributed by atoms with Crippen LogP contribution >= 0.6 is 23.2 Å². The number of nitrogens with zero attached hydrogens (tertiary/aromatic N) is 1. The van der Waals surface area contributed by atoms with E-state index >= 15 is 0 Å². The van der Waals surface area contributed by atoms with E-state index in [1.54, 1.807) is 41.3 Å². The van der Waals surface area contributed by atoms with E-state index in [0.29, 0.717) is 22.3 Å². The summed E-state index contributed by atoms with van der Waals surface area (Å²) >= 11 is 11.9. The van der Waals surface area contributed by atoms with Gasteiger partial charge in [0.1, 0.15) is 0 Å². The Morgan fingerprint density at radius 2 is 1.79 bits per heavy atom. The maximum absolute atomic E-state index is 12.4. The predicted octanol–water partition coefficient (Wildman–Crippen LogP) is 4.29. The minimum Gasteiger partial charge on any atom is -0.326 e. The van der Waals surface area contributed by atoms with Gasteiger partial charge in [0.25, 0.3) is 0 Å². The van der Waals surface area contributed by atoms with E-state index in [0.717, 1.165) is 11.3 Å². The number of amides is 2. The molecular weight excluding hydrogens is 347 g/mol. The SMILES string of the molecule is Cc1ccc(Cl)cc1N1CC(C(=O)Nc2ccc(Cl)cc2)CC1=O. The molecule has 3 rings (SSSR count). The van der Waals surface area contributed by atoms with Gasteiger partial charge in [-0.1, -0.05) is 29.3 Å². The second-order valence-corrected chi connectivity index (χ2v) is 6.71. The van der Waals surface area contributed by atoms with Crippen molar-refractivity contribution in [3.8, 4) is 0 Å². The monoisotopic (exact) mass is 362 g/mol. The quantitative estimate of drug-likeness (QED) is 0.884. The standard InChI is InChI=1S/C18H16Cl2N2O2/c1-11-2-3-14(20)9-16(11)22-10-12(8-17(22)23)18(24)21-15-6-4-13(19)5-7-15/h2-7,9,12H,8,10H2,1H3,(H,21,24). The van der Waals surface area contributed by atoms with Gasteiger partial charge < -0.3 is 10.2 Å². The van der Waals surface area contributed by atoms with Crippen LogP contribution in [0.4, 0.5) is 11.4 Å². The number of carbonyl (C=O) groups is 2. The average molecular weight is 363 g/mol. The molecule has 2 aromatic rings. The number of halogens is 2. The molecule has 1 aliphatic heterocycles. The molecule has 0 bridgehead atoms. The van der Waals surface area contributed by atoms with Crippen LogP contribution in [-0.2, 0) is 9.59 Å². The van der Waals surface area contributed by atoms with Gasteiger partial charge in [-0.3, -0.25) is 9.59 Å². The summed E-state index contributed by atoms with van der Waals surface area (Å²) in [7, 11) is 0. The highest BCUT2D eigenvalue weighted by Crippen LogP contribution is 2.30.